The number of carbonyl (C=O) groups excluding carboxylic acids is 1. The Bertz CT molecular complexity index is 997. The number of piperidine rings is 1. The molecule has 2 saturated heterocycles. The van der Waals surface area contributed by atoms with E-state index in [1.54, 1.807) is 30.5 Å². The van der Waals surface area contributed by atoms with Crippen LogP contribution in [-0.2, 0) is 0 Å². The lowest BCUT2D eigenvalue weighted by molar-refractivity contribution is -0.0112. The van der Waals surface area contributed by atoms with Crippen LogP contribution >= 0.6 is 0 Å². The lowest BCUT2D eigenvalue weighted by Gasteiger charge is -2.52. The second-order valence-electron chi connectivity index (χ2n) is 7.65. The molecule has 138 valence electrons. The maximum Gasteiger partial charge on any atom is 0.254 e. The fraction of sp³-hybridized carbons (Fsp3) is 0.350. The molecule has 1 amide bonds. The highest BCUT2D eigenvalue weighted by Gasteiger charge is 2.45. The summed E-state index contributed by atoms with van der Waals surface area (Å²) >= 11 is 0. The first-order valence-electron chi connectivity index (χ1n) is 9.27. The lowest BCUT2D eigenvalue weighted by atomic mass is 9.72. The summed E-state index contributed by atoms with van der Waals surface area (Å²) in [6.07, 6.45) is 3.93. The number of benzene rings is 1. The van der Waals surface area contributed by atoms with Crippen molar-refractivity contribution in [3.05, 3.63) is 42.1 Å². The van der Waals surface area contributed by atoms with Gasteiger partial charge in [0.25, 0.3) is 5.91 Å². The van der Waals surface area contributed by atoms with Gasteiger partial charge in [0.05, 0.1) is 22.8 Å². The van der Waals surface area contributed by atoms with Crippen LogP contribution in [0.25, 0.3) is 22.3 Å². The van der Waals surface area contributed by atoms with Gasteiger partial charge in [-0.2, -0.15) is 5.10 Å². The molecule has 1 spiro atoms. The van der Waals surface area contributed by atoms with E-state index in [0.29, 0.717) is 22.3 Å². The minimum Gasteiger partial charge on any atom is -0.508 e. The molecule has 0 saturated carbocycles. The van der Waals surface area contributed by atoms with Crippen molar-refractivity contribution >= 4 is 16.9 Å². The van der Waals surface area contributed by atoms with Crippen LogP contribution < -0.4 is 5.32 Å². The average Bonchev–Trinajstić information content (AvgIpc) is 3.14. The number of pyridine rings is 1. The molecule has 1 aromatic carbocycles. The topological polar surface area (TPSA) is 94.1 Å². The van der Waals surface area contributed by atoms with E-state index in [2.05, 4.69) is 20.5 Å². The number of likely N-dealkylation sites (tertiary alicyclic amines) is 1. The molecule has 5 rings (SSSR count). The van der Waals surface area contributed by atoms with Gasteiger partial charge in [-0.1, -0.05) is 0 Å². The van der Waals surface area contributed by atoms with Gasteiger partial charge in [0.1, 0.15) is 5.75 Å². The maximum absolute atomic E-state index is 13.2. The Hall–Kier alpha value is -2.93. The van der Waals surface area contributed by atoms with E-state index in [4.69, 9.17) is 0 Å². The van der Waals surface area contributed by atoms with E-state index < -0.39 is 0 Å². The number of H-pyrrole nitrogens is 1. The fourth-order valence-electron chi connectivity index (χ4n) is 4.24. The van der Waals surface area contributed by atoms with Crippen molar-refractivity contribution in [2.75, 3.05) is 26.2 Å². The van der Waals surface area contributed by atoms with Crippen molar-refractivity contribution in [1.29, 1.82) is 0 Å². The number of hydrogen-bond donors (Lipinski definition) is 3. The van der Waals surface area contributed by atoms with Gasteiger partial charge in [-0.25, -0.2) is 4.98 Å². The molecular weight excluding hydrogens is 342 g/mol. The summed E-state index contributed by atoms with van der Waals surface area (Å²) < 4.78 is 0. The maximum atomic E-state index is 13.2. The molecule has 3 aromatic rings. The summed E-state index contributed by atoms with van der Waals surface area (Å²) in [5.41, 5.74) is 3.05. The molecule has 0 radical (unpaired) electrons. The molecular formula is C20H21N5O2. The first-order chi connectivity index (χ1) is 13.1. The van der Waals surface area contributed by atoms with Gasteiger partial charge in [0.15, 0.2) is 5.65 Å². The standard InChI is InChI=1S/C20H21N5O2/c26-14-3-1-13(2-4-14)17-9-15(16-10-22-24-18(16)23-17)19(27)25-11-20(12-25)5-7-21-8-6-20/h1-4,9-10,21,26H,5-8,11-12H2,(H,22,23,24). The number of nitrogens with zero attached hydrogens (tertiary/aromatic N) is 3. The van der Waals surface area contributed by atoms with E-state index in [9.17, 15) is 9.90 Å². The summed E-state index contributed by atoms with van der Waals surface area (Å²) in [6.45, 7) is 3.72. The van der Waals surface area contributed by atoms with Crippen molar-refractivity contribution in [3.8, 4) is 17.0 Å². The Morgan fingerprint density at radius 2 is 1.89 bits per heavy atom. The minimum atomic E-state index is 0.0352. The first kappa shape index (κ1) is 16.3. The lowest BCUT2D eigenvalue weighted by Crippen LogP contribution is -2.61. The monoisotopic (exact) mass is 363 g/mol. The molecule has 3 N–H and O–H groups in total. The first-order valence-corrected chi connectivity index (χ1v) is 9.27. The third-order valence-corrected chi connectivity index (χ3v) is 5.82. The zero-order valence-corrected chi connectivity index (χ0v) is 14.9. The van der Waals surface area contributed by atoms with Gasteiger partial charge < -0.3 is 15.3 Å². The zero-order chi connectivity index (χ0) is 18.4. The number of amides is 1. The molecule has 7 heteroatoms. The van der Waals surface area contributed by atoms with Gasteiger partial charge >= 0.3 is 0 Å². The highest BCUT2D eigenvalue weighted by Crippen LogP contribution is 2.40. The van der Waals surface area contributed by atoms with Crippen molar-refractivity contribution in [3.63, 3.8) is 0 Å². The van der Waals surface area contributed by atoms with E-state index in [-0.39, 0.29) is 11.7 Å². The molecule has 2 aliphatic heterocycles. The second-order valence-corrected chi connectivity index (χ2v) is 7.65. The molecule has 0 atom stereocenters. The molecule has 7 nitrogen and oxygen atoms in total. The highest BCUT2D eigenvalue weighted by atomic mass is 16.3. The van der Waals surface area contributed by atoms with Crippen LogP contribution in [0.15, 0.2) is 36.5 Å². The fourth-order valence-corrected chi connectivity index (χ4v) is 4.24. The van der Waals surface area contributed by atoms with Crippen LogP contribution in [0.5, 0.6) is 5.75 Å². The summed E-state index contributed by atoms with van der Waals surface area (Å²) in [6, 6.07) is 8.65. The number of carbonyl (C=O) groups is 1. The second kappa shape index (κ2) is 6.06. The number of fused-ring (bicyclic) bond motifs is 1. The molecule has 4 heterocycles. The number of hydrogen-bond acceptors (Lipinski definition) is 5. The summed E-state index contributed by atoms with van der Waals surface area (Å²) in [4.78, 5) is 19.7. The van der Waals surface area contributed by atoms with E-state index in [1.165, 1.54) is 0 Å². The van der Waals surface area contributed by atoms with Gasteiger partial charge in [-0.3, -0.25) is 9.89 Å². The van der Waals surface area contributed by atoms with Crippen LogP contribution in [-0.4, -0.2) is 57.3 Å². The molecule has 2 aliphatic rings. The zero-order valence-electron chi connectivity index (χ0n) is 14.9. The van der Waals surface area contributed by atoms with Crippen LogP contribution in [0.3, 0.4) is 0 Å². The van der Waals surface area contributed by atoms with Gasteiger partial charge in [0.2, 0.25) is 0 Å². The van der Waals surface area contributed by atoms with Gasteiger partial charge in [-0.05, 0) is 56.3 Å². The van der Waals surface area contributed by atoms with Gasteiger partial charge in [0, 0.05) is 24.1 Å². The SMILES string of the molecule is O=C(c1cc(-c2ccc(O)cc2)nc2[nH]ncc12)N1CC2(CCNCC2)C1. The van der Waals surface area contributed by atoms with Crippen molar-refractivity contribution in [1.82, 2.24) is 25.4 Å². The molecule has 0 bridgehead atoms. The third-order valence-electron chi connectivity index (χ3n) is 5.82. The van der Waals surface area contributed by atoms with Crippen LogP contribution in [0.2, 0.25) is 0 Å². The Morgan fingerprint density at radius 1 is 1.15 bits per heavy atom. The largest absolute Gasteiger partial charge is 0.508 e. The number of phenolic OH excluding ortho intramolecular Hbond substituents is 1. The average molecular weight is 363 g/mol. The summed E-state index contributed by atoms with van der Waals surface area (Å²) in [7, 11) is 0. The predicted octanol–water partition coefficient (Wildman–Crippen LogP) is 2.16. The van der Waals surface area contributed by atoms with Crippen LogP contribution in [0, 0.1) is 5.41 Å². The molecule has 27 heavy (non-hydrogen) atoms. The van der Waals surface area contributed by atoms with E-state index in [0.717, 1.165) is 50.0 Å². The number of phenols is 1. The smallest absolute Gasteiger partial charge is 0.254 e. The molecule has 0 unspecified atom stereocenters. The van der Waals surface area contributed by atoms with Crippen molar-refractivity contribution in [2.45, 2.75) is 12.8 Å². The Balaban J connectivity index is 1.48. The number of nitrogens with one attached hydrogen (secondary N) is 2. The Labute approximate surface area is 156 Å². The third kappa shape index (κ3) is 2.75. The van der Waals surface area contributed by atoms with Crippen LogP contribution in [0.4, 0.5) is 0 Å². The number of aromatic hydroxyl groups is 1. The Morgan fingerprint density at radius 3 is 2.63 bits per heavy atom. The van der Waals surface area contributed by atoms with Crippen molar-refractivity contribution in [2.24, 2.45) is 5.41 Å². The summed E-state index contributed by atoms with van der Waals surface area (Å²) in [5.74, 6) is 0.235. The predicted molar refractivity (Wildman–Crippen MR) is 101 cm³/mol. The normalized spacial score (nSPS) is 18.6. The van der Waals surface area contributed by atoms with Crippen molar-refractivity contribution < 1.29 is 9.90 Å². The number of rotatable bonds is 2. The number of aromatic amines is 1. The van der Waals surface area contributed by atoms with E-state index in [1.807, 2.05) is 11.0 Å². The minimum absolute atomic E-state index is 0.0352. The van der Waals surface area contributed by atoms with Crippen LogP contribution in [0.1, 0.15) is 23.2 Å². The van der Waals surface area contributed by atoms with E-state index >= 15 is 0 Å². The van der Waals surface area contributed by atoms with Gasteiger partial charge in [-0.15, -0.1) is 0 Å². The molecule has 2 fully saturated rings. The summed E-state index contributed by atoms with van der Waals surface area (Å²) in [5, 5.41) is 20.6. The quantitative estimate of drug-likeness (QED) is 0.649. The number of aromatic nitrogens is 3. The molecule has 2 aromatic heterocycles. The molecule has 0 aliphatic carbocycles. The Kier molecular flexibility index (Phi) is 3.65. The highest BCUT2D eigenvalue weighted by molar-refractivity contribution is 6.06.